The number of halogens is 1. The van der Waals surface area contributed by atoms with Crippen LogP contribution in [0.4, 0.5) is 4.39 Å². The minimum atomic E-state index is -0.509. The van der Waals surface area contributed by atoms with Gasteiger partial charge in [0, 0.05) is 25.4 Å². The van der Waals surface area contributed by atoms with Crippen LogP contribution in [0.3, 0.4) is 0 Å². The fourth-order valence-corrected chi connectivity index (χ4v) is 2.19. The summed E-state index contributed by atoms with van der Waals surface area (Å²) in [6.07, 6.45) is 5.30. The van der Waals surface area contributed by atoms with E-state index in [1.807, 2.05) is 13.2 Å². The summed E-state index contributed by atoms with van der Waals surface area (Å²) in [6.45, 7) is 0.457. The summed E-state index contributed by atoms with van der Waals surface area (Å²) in [7, 11) is 1.86. The molecule has 0 aliphatic heterocycles. The lowest BCUT2D eigenvalue weighted by Gasteiger charge is -1.97. The van der Waals surface area contributed by atoms with Crippen molar-refractivity contribution in [3.05, 3.63) is 58.6 Å². The molecule has 22 heavy (non-hydrogen) atoms. The number of hydrogen-bond donors (Lipinski definition) is 0. The molecule has 0 radical (unpaired) electrons. The fourth-order valence-electron chi connectivity index (χ4n) is 2.19. The third-order valence-corrected chi connectivity index (χ3v) is 3.29. The summed E-state index contributed by atoms with van der Waals surface area (Å²) in [6, 6.07) is 5.66. The topological polar surface area (TPSA) is 65.8 Å². The molecule has 0 atom stereocenters. The van der Waals surface area contributed by atoms with Crippen molar-refractivity contribution in [3.63, 3.8) is 0 Å². The Bertz CT molecular complexity index is 817. The first-order valence-electron chi connectivity index (χ1n) is 6.93. The Balaban J connectivity index is 1.67. The Hall–Kier alpha value is -2.70. The molecular formula is C15H15FN4O2. The van der Waals surface area contributed by atoms with Crippen LogP contribution in [0.2, 0.25) is 0 Å². The minimum Gasteiger partial charge on any atom is -0.388 e. The SMILES string of the molecule is Cn1cc(CCCn2nc(-c3ccc(F)cc3)oc2=O)cn1. The van der Waals surface area contributed by atoms with Crippen LogP contribution in [0.5, 0.6) is 0 Å². The smallest absolute Gasteiger partial charge is 0.388 e. The van der Waals surface area contributed by atoms with Crippen molar-refractivity contribution < 1.29 is 8.81 Å². The molecule has 1 aromatic carbocycles. The standard InChI is InChI=1S/C15H15FN4O2/c1-19-10-11(9-17-19)3-2-8-20-15(21)22-14(18-20)12-4-6-13(16)7-5-12/h4-7,9-10H,2-3,8H2,1H3. The van der Waals surface area contributed by atoms with E-state index in [2.05, 4.69) is 10.2 Å². The molecule has 0 unspecified atom stereocenters. The zero-order chi connectivity index (χ0) is 15.5. The van der Waals surface area contributed by atoms with Crippen LogP contribution in [0, 0.1) is 5.82 Å². The van der Waals surface area contributed by atoms with Crippen molar-refractivity contribution in [2.24, 2.45) is 7.05 Å². The van der Waals surface area contributed by atoms with Crippen LogP contribution >= 0.6 is 0 Å². The zero-order valence-electron chi connectivity index (χ0n) is 12.1. The van der Waals surface area contributed by atoms with Gasteiger partial charge in [-0.1, -0.05) is 0 Å². The first kappa shape index (κ1) is 14.2. The molecule has 6 nitrogen and oxygen atoms in total. The van der Waals surface area contributed by atoms with Gasteiger partial charge in [0.1, 0.15) is 5.82 Å². The van der Waals surface area contributed by atoms with Gasteiger partial charge in [0.2, 0.25) is 5.89 Å². The van der Waals surface area contributed by atoms with E-state index in [0.717, 1.165) is 18.4 Å². The Kier molecular flexibility index (Phi) is 3.86. The molecule has 114 valence electrons. The largest absolute Gasteiger partial charge is 0.437 e. The number of hydrogen-bond acceptors (Lipinski definition) is 4. The average molecular weight is 302 g/mol. The Morgan fingerprint density at radius 3 is 2.73 bits per heavy atom. The van der Waals surface area contributed by atoms with Gasteiger partial charge in [0.05, 0.1) is 6.20 Å². The van der Waals surface area contributed by atoms with Crippen molar-refractivity contribution in [2.75, 3.05) is 0 Å². The second-order valence-corrected chi connectivity index (χ2v) is 5.03. The highest BCUT2D eigenvalue weighted by molar-refractivity contribution is 5.51. The molecule has 0 spiro atoms. The minimum absolute atomic E-state index is 0.200. The van der Waals surface area contributed by atoms with Crippen LogP contribution in [-0.2, 0) is 20.0 Å². The van der Waals surface area contributed by atoms with Gasteiger partial charge in [-0.2, -0.15) is 9.78 Å². The van der Waals surface area contributed by atoms with E-state index in [4.69, 9.17) is 4.42 Å². The third-order valence-electron chi connectivity index (χ3n) is 3.29. The Labute approximate surface area is 125 Å². The average Bonchev–Trinajstić information content (AvgIpc) is 3.07. The maximum atomic E-state index is 12.9. The van der Waals surface area contributed by atoms with E-state index in [1.165, 1.54) is 28.9 Å². The lowest BCUT2D eigenvalue weighted by Crippen LogP contribution is -2.16. The Morgan fingerprint density at radius 1 is 1.27 bits per heavy atom. The number of benzene rings is 1. The first-order chi connectivity index (χ1) is 10.6. The van der Waals surface area contributed by atoms with Gasteiger partial charge in [-0.15, -0.1) is 5.10 Å². The van der Waals surface area contributed by atoms with Gasteiger partial charge >= 0.3 is 5.76 Å². The van der Waals surface area contributed by atoms with Gasteiger partial charge in [-0.3, -0.25) is 4.68 Å². The normalized spacial score (nSPS) is 11.0. The monoisotopic (exact) mass is 302 g/mol. The van der Waals surface area contributed by atoms with Gasteiger partial charge in [0.25, 0.3) is 0 Å². The summed E-state index contributed by atoms with van der Waals surface area (Å²) >= 11 is 0. The molecule has 0 N–H and O–H groups in total. The predicted molar refractivity (Wildman–Crippen MR) is 77.7 cm³/mol. The van der Waals surface area contributed by atoms with E-state index in [9.17, 15) is 9.18 Å². The maximum absolute atomic E-state index is 12.9. The van der Waals surface area contributed by atoms with E-state index >= 15 is 0 Å². The highest BCUT2D eigenvalue weighted by Gasteiger charge is 2.10. The van der Waals surface area contributed by atoms with E-state index in [0.29, 0.717) is 12.1 Å². The maximum Gasteiger partial charge on any atom is 0.437 e. The van der Waals surface area contributed by atoms with Crippen molar-refractivity contribution in [2.45, 2.75) is 19.4 Å². The van der Waals surface area contributed by atoms with E-state index < -0.39 is 5.76 Å². The first-order valence-corrected chi connectivity index (χ1v) is 6.93. The van der Waals surface area contributed by atoms with E-state index in [-0.39, 0.29) is 11.7 Å². The van der Waals surface area contributed by atoms with Gasteiger partial charge < -0.3 is 4.42 Å². The second-order valence-electron chi connectivity index (χ2n) is 5.03. The van der Waals surface area contributed by atoms with Crippen LogP contribution in [0.15, 0.2) is 45.9 Å². The summed E-state index contributed by atoms with van der Waals surface area (Å²) in [4.78, 5) is 11.8. The zero-order valence-corrected chi connectivity index (χ0v) is 12.1. The number of rotatable bonds is 5. The lowest BCUT2D eigenvalue weighted by molar-refractivity contribution is 0.473. The summed E-state index contributed by atoms with van der Waals surface area (Å²) in [5.41, 5.74) is 1.68. The molecule has 2 heterocycles. The van der Waals surface area contributed by atoms with Crippen LogP contribution in [0.1, 0.15) is 12.0 Å². The lowest BCUT2D eigenvalue weighted by atomic mass is 10.2. The molecule has 3 rings (SSSR count). The number of nitrogens with zero attached hydrogens (tertiary/aromatic N) is 4. The molecule has 0 aliphatic carbocycles. The molecule has 3 aromatic rings. The van der Waals surface area contributed by atoms with Crippen LogP contribution in [0.25, 0.3) is 11.5 Å². The van der Waals surface area contributed by atoms with Gasteiger partial charge in [0.15, 0.2) is 0 Å². The molecule has 0 saturated carbocycles. The molecular weight excluding hydrogens is 287 g/mol. The quantitative estimate of drug-likeness (QED) is 0.723. The van der Waals surface area contributed by atoms with Crippen molar-refractivity contribution in [3.8, 4) is 11.5 Å². The summed E-state index contributed by atoms with van der Waals surface area (Å²) in [5, 5.41) is 8.23. The number of aryl methyl sites for hydroxylation is 3. The van der Waals surface area contributed by atoms with Crippen molar-refractivity contribution in [1.29, 1.82) is 0 Å². The molecule has 2 aromatic heterocycles. The van der Waals surface area contributed by atoms with Crippen LogP contribution < -0.4 is 5.76 Å². The molecule has 0 bridgehead atoms. The Morgan fingerprint density at radius 2 is 2.05 bits per heavy atom. The van der Waals surface area contributed by atoms with Gasteiger partial charge in [-0.25, -0.2) is 9.18 Å². The molecule has 0 fully saturated rings. The van der Waals surface area contributed by atoms with Crippen molar-refractivity contribution >= 4 is 0 Å². The highest BCUT2D eigenvalue weighted by atomic mass is 19.1. The van der Waals surface area contributed by atoms with Crippen LogP contribution in [-0.4, -0.2) is 19.6 Å². The molecule has 0 amide bonds. The predicted octanol–water partition coefficient (Wildman–Crippen LogP) is 2.01. The highest BCUT2D eigenvalue weighted by Crippen LogP contribution is 2.15. The van der Waals surface area contributed by atoms with Crippen molar-refractivity contribution in [1.82, 2.24) is 19.6 Å². The van der Waals surface area contributed by atoms with Gasteiger partial charge in [-0.05, 0) is 42.7 Å². The second kappa shape index (κ2) is 5.97. The van der Waals surface area contributed by atoms with E-state index in [1.54, 1.807) is 10.9 Å². The molecule has 0 aliphatic rings. The summed E-state index contributed by atoms with van der Waals surface area (Å²) in [5.74, 6) is -0.654. The number of aromatic nitrogens is 4. The fraction of sp³-hybridized carbons (Fsp3) is 0.267. The summed E-state index contributed by atoms with van der Waals surface area (Å²) < 4.78 is 21.0. The molecule has 0 saturated heterocycles. The molecule has 7 heteroatoms. The third kappa shape index (κ3) is 3.13.